The number of halogens is 5. The number of hydrogen-bond donors (Lipinski definition) is 4. The SMILES string of the molecule is C=NC[C@H](C[C@@H]1CC2(CC2)NC1=O)NC(=O)[C@H](CC1CC1(F)F)NC(=O)[C@@H](NC(=O)C(F)(F)F)C(C)(C)C. The Morgan fingerprint density at radius 3 is 2.11 bits per heavy atom. The highest BCUT2D eigenvalue weighted by molar-refractivity contribution is 5.93. The first-order valence-corrected chi connectivity index (χ1v) is 12.5. The van der Waals surface area contributed by atoms with Crippen LogP contribution in [0, 0.1) is 17.3 Å². The average Bonchev–Trinajstić information content (AvgIpc) is 3.62. The Morgan fingerprint density at radius 2 is 1.66 bits per heavy atom. The fourth-order valence-corrected chi connectivity index (χ4v) is 4.81. The van der Waals surface area contributed by atoms with Gasteiger partial charge in [0.05, 0.1) is 6.54 Å². The van der Waals surface area contributed by atoms with Crippen molar-refractivity contribution in [1.82, 2.24) is 21.3 Å². The molecule has 214 valence electrons. The van der Waals surface area contributed by atoms with Crippen LogP contribution in [0.15, 0.2) is 4.99 Å². The van der Waals surface area contributed by atoms with Crippen LogP contribution >= 0.6 is 0 Å². The van der Waals surface area contributed by atoms with Gasteiger partial charge in [-0.1, -0.05) is 20.8 Å². The van der Waals surface area contributed by atoms with Gasteiger partial charge in [-0.2, -0.15) is 13.2 Å². The van der Waals surface area contributed by atoms with Crippen LogP contribution in [-0.2, 0) is 19.2 Å². The molecule has 1 saturated heterocycles. The van der Waals surface area contributed by atoms with Crippen LogP contribution in [0.25, 0.3) is 0 Å². The van der Waals surface area contributed by atoms with Crippen molar-refractivity contribution in [2.24, 2.45) is 22.2 Å². The van der Waals surface area contributed by atoms with Crippen molar-refractivity contribution in [1.29, 1.82) is 0 Å². The summed E-state index contributed by atoms with van der Waals surface area (Å²) in [6, 6.07) is -3.92. The first-order chi connectivity index (χ1) is 17.4. The standard InChI is InChI=1S/C24H34F5N5O4/c1-21(2,3)16(33-20(38)24(27,28)29)19(37)32-15(8-13-10-23(13,25)26)18(36)31-14(11-30-4)7-12-9-22(5-6-22)34-17(12)35/h12-16H,4-11H2,1-3H3,(H,31,36)(H,32,37)(H,33,38)(H,34,35)/t12-,13?,14+,15+,16-/m1/s1. The van der Waals surface area contributed by atoms with Crippen LogP contribution in [0.3, 0.4) is 0 Å². The first-order valence-electron chi connectivity index (χ1n) is 12.5. The highest BCUT2D eigenvalue weighted by atomic mass is 19.4. The summed E-state index contributed by atoms with van der Waals surface area (Å²) >= 11 is 0. The molecule has 9 nitrogen and oxygen atoms in total. The maximum absolute atomic E-state index is 13.7. The maximum atomic E-state index is 13.7. The van der Waals surface area contributed by atoms with Gasteiger partial charge in [0, 0.05) is 29.8 Å². The van der Waals surface area contributed by atoms with Gasteiger partial charge in [0.2, 0.25) is 17.7 Å². The molecule has 3 rings (SSSR count). The molecule has 2 saturated carbocycles. The lowest BCUT2D eigenvalue weighted by Gasteiger charge is -2.32. The molecule has 0 bridgehead atoms. The molecule has 14 heteroatoms. The van der Waals surface area contributed by atoms with Crippen LogP contribution in [0.1, 0.15) is 59.3 Å². The molecule has 38 heavy (non-hydrogen) atoms. The van der Waals surface area contributed by atoms with Crippen molar-refractivity contribution < 1.29 is 41.1 Å². The highest BCUT2D eigenvalue weighted by Crippen LogP contribution is 2.51. The lowest BCUT2D eigenvalue weighted by Crippen LogP contribution is -2.60. The van der Waals surface area contributed by atoms with Crippen molar-refractivity contribution in [3.63, 3.8) is 0 Å². The summed E-state index contributed by atoms with van der Waals surface area (Å²) in [6.45, 7) is 7.65. The zero-order valence-electron chi connectivity index (χ0n) is 21.5. The summed E-state index contributed by atoms with van der Waals surface area (Å²) in [7, 11) is 0. The molecule has 4 amide bonds. The molecular weight excluding hydrogens is 517 g/mol. The normalized spacial score (nSPS) is 25.5. The topological polar surface area (TPSA) is 129 Å². The predicted octanol–water partition coefficient (Wildman–Crippen LogP) is 1.85. The van der Waals surface area contributed by atoms with Crippen LogP contribution in [0.4, 0.5) is 22.0 Å². The molecule has 1 aliphatic heterocycles. The van der Waals surface area contributed by atoms with Crippen molar-refractivity contribution in [3.05, 3.63) is 0 Å². The van der Waals surface area contributed by atoms with E-state index in [0.717, 1.165) is 12.8 Å². The van der Waals surface area contributed by atoms with Crippen molar-refractivity contribution in [2.45, 2.75) is 95.1 Å². The van der Waals surface area contributed by atoms with Gasteiger partial charge >= 0.3 is 12.1 Å². The Hall–Kier alpha value is -2.80. The molecule has 3 fully saturated rings. The minimum Gasteiger partial charge on any atom is -0.350 e. The van der Waals surface area contributed by atoms with Crippen molar-refractivity contribution >= 4 is 30.3 Å². The van der Waals surface area contributed by atoms with Crippen LogP contribution in [-0.4, -0.2) is 72.7 Å². The molecule has 2 aliphatic carbocycles. The quantitative estimate of drug-likeness (QED) is 0.231. The number of aliphatic imine (C=N–C) groups is 1. The van der Waals surface area contributed by atoms with Crippen molar-refractivity contribution in [3.8, 4) is 0 Å². The van der Waals surface area contributed by atoms with Crippen molar-refractivity contribution in [2.75, 3.05) is 6.54 Å². The Balaban J connectivity index is 1.73. The number of alkyl halides is 5. The second-order valence-electron chi connectivity index (χ2n) is 11.7. The van der Waals surface area contributed by atoms with Crippen LogP contribution in [0.5, 0.6) is 0 Å². The molecule has 1 unspecified atom stereocenters. The van der Waals surface area contributed by atoms with Gasteiger partial charge in [0.1, 0.15) is 12.1 Å². The Morgan fingerprint density at radius 1 is 1.05 bits per heavy atom. The predicted molar refractivity (Wildman–Crippen MR) is 126 cm³/mol. The Bertz CT molecular complexity index is 976. The molecule has 0 radical (unpaired) electrons. The van der Waals surface area contributed by atoms with Gasteiger partial charge in [0.15, 0.2) is 0 Å². The minimum absolute atomic E-state index is 0.0228. The van der Waals surface area contributed by atoms with E-state index in [1.54, 1.807) is 5.32 Å². The number of hydrogen-bond acceptors (Lipinski definition) is 5. The number of rotatable bonds is 11. The van der Waals surface area contributed by atoms with E-state index in [0.29, 0.717) is 6.42 Å². The summed E-state index contributed by atoms with van der Waals surface area (Å²) < 4.78 is 65.9. The highest BCUT2D eigenvalue weighted by Gasteiger charge is 2.58. The second kappa shape index (κ2) is 10.4. The number of carbonyl (C=O) groups is 4. The van der Waals surface area contributed by atoms with E-state index >= 15 is 0 Å². The average molecular weight is 552 g/mol. The molecule has 1 heterocycles. The number of amides is 4. The van der Waals surface area contributed by atoms with Gasteiger partial charge in [-0.05, 0) is 44.2 Å². The van der Waals surface area contributed by atoms with Gasteiger partial charge in [-0.15, -0.1) is 0 Å². The number of nitrogens with zero attached hydrogens (tertiary/aromatic N) is 1. The number of carbonyl (C=O) groups excluding carboxylic acids is 4. The minimum atomic E-state index is -5.26. The smallest absolute Gasteiger partial charge is 0.350 e. The Labute approximate surface area is 217 Å². The third-order valence-corrected chi connectivity index (χ3v) is 7.28. The first kappa shape index (κ1) is 29.8. The molecule has 4 N–H and O–H groups in total. The third kappa shape index (κ3) is 7.40. The van der Waals surface area contributed by atoms with E-state index in [1.807, 2.05) is 0 Å². The molecule has 0 aromatic rings. The van der Waals surface area contributed by atoms with E-state index in [1.165, 1.54) is 20.8 Å². The summed E-state index contributed by atoms with van der Waals surface area (Å²) in [6.07, 6.45) is -3.67. The van der Waals surface area contributed by atoms with E-state index in [2.05, 4.69) is 27.7 Å². The van der Waals surface area contributed by atoms with E-state index in [9.17, 15) is 41.1 Å². The summed E-state index contributed by atoms with van der Waals surface area (Å²) in [5, 5.41) is 9.49. The molecule has 3 aliphatic rings. The van der Waals surface area contributed by atoms with E-state index < -0.39 is 78.0 Å². The molecule has 0 aromatic heterocycles. The number of nitrogens with one attached hydrogen (secondary N) is 4. The molecule has 5 atom stereocenters. The summed E-state index contributed by atoms with van der Waals surface area (Å²) in [5.41, 5.74) is -1.41. The molecular formula is C24H34F5N5O4. The zero-order chi connectivity index (χ0) is 28.7. The van der Waals surface area contributed by atoms with Gasteiger partial charge in [-0.25, -0.2) is 8.78 Å². The van der Waals surface area contributed by atoms with E-state index in [-0.39, 0.29) is 24.4 Å². The Kier molecular flexibility index (Phi) is 8.14. The fraction of sp³-hybridized carbons (Fsp3) is 0.792. The van der Waals surface area contributed by atoms with Crippen LogP contribution < -0.4 is 21.3 Å². The molecule has 0 aromatic carbocycles. The lowest BCUT2D eigenvalue weighted by molar-refractivity contribution is -0.175. The lowest BCUT2D eigenvalue weighted by atomic mass is 9.85. The second-order valence-corrected chi connectivity index (χ2v) is 11.7. The van der Waals surface area contributed by atoms with Gasteiger partial charge < -0.3 is 21.3 Å². The third-order valence-electron chi connectivity index (χ3n) is 7.28. The maximum Gasteiger partial charge on any atom is 0.471 e. The largest absolute Gasteiger partial charge is 0.471 e. The van der Waals surface area contributed by atoms with Gasteiger partial charge in [-0.3, -0.25) is 24.2 Å². The monoisotopic (exact) mass is 551 g/mol. The summed E-state index contributed by atoms with van der Waals surface area (Å²) in [5.74, 6) is -9.09. The van der Waals surface area contributed by atoms with E-state index in [4.69, 9.17) is 0 Å². The van der Waals surface area contributed by atoms with Crippen LogP contribution in [0.2, 0.25) is 0 Å². The summed E-state index contributed by atoms with van der Waals surface area (Å²) in [4.78, 5) is 53.9. The molecule has 1 spiro atoms. The fourth-order valence-electron chi connectivity index (χ4n) is 4.81. The zero-order valence-corrected chi connectivity index (χ0v) is 21.5. The van der Waals surface area contributed by atoms with Gasteiger partial charge in [0.25, 0.3) is 5.92 Å².